The Morgan fingerprint density at radius 1 is 0.939 bits per heavy atom. The average Bonchev–Trinajstić information content (AvgIpc) is 2.80. The molecule has 0 bridgehead atoms. The molecular weight excluding hydrogens is 446 g/mol. The molecule has 0 aliphatic rings. The first-order valence-electron chi connectivity index (χ1n) is 10.7. The smallest absolute Gasteiger partial charge is 0.407 e. The van der Waals surface area contributed by atoms with Crippen molar-refractivity contribution in [3.05, 3.63) is 71.3 Å². The molecular formula is C24H32ClN3O5. The quantitative estimate of drug-likeness (QED) is 0.319. The summed E-state index contributed by atoms with van der Waals surface area (Å²) in [5.74, 6) is -0.597. The van der Waals surface area contributed by atoms with Crippen molar-refractivity contribution in [2.75, 3.05) is 13.2 Å². The van der Waals surface area contributed by atoms with Gasteiger partial charge in [-0.25, -0.2) is 4.79 Å². The van der Waals surface area contributed by atoms with Gasteiger partial charge in [-0.15, -0.1) is 12.4 Å². The largest absolute Gasteiger partial charge is 0.466 e. The number of hydrogen-bond acceptors (Lipinski definition) is 6. The second-order valence-electron chi connectivity index (χ2n) is 7.21. The predicted molar refractivity (Wildman–Crippen MR) is 128 cm³/mol. The molecule has 2 aromatic carbocycles. The van der Waals surface area contributed by atoms with Gasteiger partial charge in [0.2, 0.25) is 5.91 Å². The maximum absolute atomic E-state index is 12.3. The summed E-state index contributed by atoms with van der Waals surface area (Å²) in [6.07, 6.45) is 0.590. The molecule has 0 saturated heterocycles. The fraction of sp³-hybridized carbons (Fsp3) is 0.375. The molecule has 8 nitrogen and oxygen atoms in total. The Labute approximate surface area is 200 Å². The molecule has 0 radical (unpaired) electrons. The monoisotopic (exact) mass is 477 g/mol. The zero-order chi connectivity index (χ0) is 23.2. The van der Waals surface area contributed by atoms with E-state index in [2.05, 4.69) is 10.6 Å². The van der Waals surface area contributed by atoms with Gasteiger partial charge in [0.15, 0.2) is 0 Å². The number of rotatable bonds is 12. The average molecular weight is 478 g/mol. The number of carbonyl (C=O) groups is 3. The minimum absolute atomic E-state index is 0. The molecule has 2 amide bonds. The number of alkyl carbamates (subject to hydrolysis) is 1. The van der Waals surface area contributed by atoms with E-state index in [9.17, 15) is 14.4 Å². The molecule has 9 heteroatoms. The van der Waals surface area contributed by atoms with E-state index in [0.717, 1.165) is 16.7 Å². The van der Waals surface area contributed by atoms with Crippen LogP contribution < -0.4 is 16.4 Å². The van der Waals surface area contributed by atoms with Gasteiger partial charge in [0, 0.05) is 13.1 Å². The maximum Gasteiger partial charge on any atom is 0.407 e. The van der Waals surface area contributed by atoms with Crippen molar-refractivity contribution in [2.24, 2.45) is 5.73 Å². The number of carbonyl (C=O) groups excluding carboxylic acids is 3. The van der Waals surface area contributed by atoms with Crippen LogP contribution in [0.3, 0.4) is 0 Å². The molecule has 2 rings (SSSR count). The number of ether oxygens (including phenoxy) is 2. The summed E-state index contributed by atoms with van der Waals surface area (Å²) < 4.78 is 10.1. The van der Waals surface area contributed by atoms with Gasteiger partial charge in [0.1, 0.15) is 6.61 Å². The van der Waals surface area contributed by atoms with E-state index in [1.54, 1.807) is 6.92 Å². The molecule has 0 heterocycles. The number of nitrogens with two attached hydrogens (primary N) is 1. The number of hydrogen-bond donors (Lipinski definition) is 3. The van der Waals surface area contributed by atoms with Crippen LogP contribution in [0, 0.1) is 0 Å². The van der Waals surface area contributed by atoms with Crippen LogP contribution in [0.15, 0.2) is 54.6 Å². The summed E-state index contributed by atoms with van der Waals surface area (Å²) in [5, 5.41) is 5.45. The second kappa shape index (κ2) is 15.7. The maximum atomic E-state index is 12.3. The van der Waals surface area contributed by atoms with Crippen LogP contribution in [0.2, 0.25) is 0 Å². The van der Waals surface area contributed by atoms with E-state index in [-0.39, 0.29) is 43.9 Å². The molecule has 0 saturated carbocycles. The molecule has 4 N–H and O–H groups in total. The lowest BCUT2D eigenvalue weighted by atomic mass is 10.0. The van der Waals surface area contributed by atoms with Crippen LogP contribution in [-0.4, -0.2) is 37.2 Å². The van der Waals surface area contributed by atoms with E-state index in [4.69, 9.17) is 15.2 Å². The normalized spacial score (nSPS) is 11.0. The van der Waals surface area contributed by atoms with Gasteiger partial charge in [0.05, 0.1) is 19.1 Å². The van der Waals surface area contributed by atoms with Gasteiger partial charge < -0.3 is 25.8 Å². The Balaban J connectivity index is 0.00000544. The van der Waals surface area contributed by atoms with Crippen molar-refractivity contribution < 1.29 is 23.9 Å². The second-order valence-corrected chi connectivity index (χ2v) is 7.21. The summed E-state index contributed by atoms with van der Waals surface area (Å²) >= 11 is 0. The first kappa shape index (κ1) is 27.9. The highest BCUT2D eigenvalue weighted by Gasteiger charge is 2.14. The third kappa shape index (κ3) is 10.9. The van der Waals surface area contributed by atoms with Crippen LogP contribution in [0.1, 0.15) is 36.5 Å². The molecule has 0 unspecified atom stereocenters. The highest BCUT2D eigenvalue weighted by molar-refractivity contribution is 5.85. The van der Waals surface area contributed by atoms with Crippen molar-refractivity contribution in [1.29, 1.82) is 0 Å². The molecule has 0 aromatic heterocycles. The Kier molecular flexibility index (Phi) is 13.3. The van der Waals surface area contributed by atoms with E-state index < -0.39 is 12.1 Å². The number of halogens is 1. The number of nitrogens with one attached hydrogen (secondary N) is 2. The summed E-state index contributed by atoms with van der Waals surface area (Å²) in [6.45, 7) is 2.91. The van der Waals surface area contributed by atoms with Gasteiger partial charge in [-0.2, -0.15) is 0 Å². The van der Waals surface area contributed by atoms with Gasteiger partial charge in [-0.05, 0) is 36.5 Å². The lowest BCUT2D eigenvalue weighted by Gasteiger charge is -2.14. The van der Waals surface area contributed by atoms with Crippen LogP contribution in [0.25, 0.3) is 0 Å². The van der Waals surface area contributed by atoms with E-state index in [1.165, 1.54) is 0 Å². The number of benzene rings is 2. The number of amides is 2. The molecule has 33 heavy (non-hydrogen) atoms. The van der Waals surface area contributed by atoms with Crippen LogP contribution in [0.5, 0.6) is 0 Å². The zero-order valence-corrected chi connectivity index (χ0v) is 19.6. The van der Waals surface area contributed by atoms with Crippen molar-refractivity contribution in [3.63, 3.8) is 0 Å². The van der Waals surface area contributed by atoms with Gasteiger partial charge >= 0.3 is 12.1 Å². The first-order chi connectivity index (χ1) is 15.5. The first-order valence-corrected chi connectivity index (χ1v) is 10.7. The van der Waals surface area contributed by atoms with Crippen molar-refractivity contribution in [2.45, 2.75) is 45.4 Å². The summed E-state index contributed by atoms with van der Waals surface area (Å²) in [7, 11) is 0. The fourth-order valence-corrected chi connectivity index (χ4v) is 3.00. The fourth-order valence-electron chi connectivity index (χ4n) is 3.00. The molecule has 0 aliphatic heterocycles. The minimum Gasteiger partial charge on any atom is -0.466 e. The predicted octanol–water partition coefficient (Wildman–Crippen LogP) is 2.86. The summed E-state index contributed by atoms with van der Waals surface area (Å²) in [6, 6.07) is 16.1. The third-order valence-electron chi connectivity index (χ3n) is 4.72. The minimum atomic E-state index is -0.700. The topological polar surface area (TPSA) is 120 Å². The summed E-state index contributed by atoms with van der Waals surface area (Å²) in [4.78, 5) is 35.8. The van der Waals surface area contributed by atoms with E-state index in [1.807, 2.05) is 54.6 Å². The molecule has 0 spiro atoms. The molecule has 0 fully saturated rings. The van der Waals surface area contributed by atoms with E-state index in [0.29, 0.717) is 26.0 Å². The zero-order valence-electron chi connectivity index (χ0n) is 18.8. The third-order valence-corrected chi connectivity index (χ3v) is 4.72. The number of esters is 1. The summed E-state index contributed by atoms with van der Waals surface area (Å²) in [5.41, 5.74) is 8.51. The molecule has 180 valence electrons. The Morgan fingerprint density at radius 3 is 2.30 bits per heavy atom. The van der Waals surface area contributed by atoms with Crippen LogP contribution in [0.4, 0.5) is 4.79 Å². The lowest BCUT2D eigenvalue weighted by Crippen LogP contribution is -2.40. The van der Waals surface area contributed by atoms with Gasteiger partial charge in [-0.3, -0.25) is 9.59 Å². The highest BCUT2D eigenvalue weighted by Crippen LogP contribution is 2.10. The Morgan fingerprint density at radius 2 is 1.61 bits per heavy atom. The van der Waals surface area contributed by atoms with E-state index >= 15 is 0 Å². The Bertz CT molecular complexity index is 879. The van der Waals surface area contributed by atoms with Gasteiger partial charge in [-0.1, -0.05) is 54.6 Å². The lowest BCUT2D eigenvalue weighted by molar-refractivity contribution is -0.142. The van der Waals surface area contributed by atoms with Crippen LogP contribution >= 0.6 is 12.4 Å². The van der Waals surface area contributed by atoms with Gasteiger partial charge in [0.25, 0.3) is 0 Å². The van der Waals surface area contributed by atoms with Crippen molar-refractivity contribution in [3.8, 4) is 0 Å². The molecule has 1 atom stereocenters. The van der Waals surface area contributed by atoms with Crippen molar-refractivity contribution in [1.82, 2.24) is 10.6 Å². The van der Waals surface area contributed by atoms with Crippen molar-refractivity contribution >= 4 is 30.4 Å². The molecule has 0 aliphatic carbocycles. The Hall–Kier alpha value is -3.10. The SMILES string of the molecule is CCOC(=O)Cc1ccccc1CNC(=O)[C@@H](N)CCCNC(=O)OCc1ccccc1.Cl. The molecule has 2 aromatic rings. The standard InChI is InChI=1S/C24H31N3O5.ClH/c1-2-31-22(28)15-19-11-6-7-12-20(19)16-27-23(29)21(25)13-8-14-26-24(30)32-17-18-9-4-3-5-10-18;/h3-7,9-12,21H,2,8,13-17,25H2,1H3,(H,26,30)(H,27,29);1H/t21-;/m0./s1. The van der Waals surface area contributed by atoms with Crippen LogP contribution in [-0.2, 0) is 38.6 Å². The highest BCUT2D eigenvalue weighted by atomic mass is 35.5.